The lowest BCUT2D eigenvalue weighted by Crippen LogP contribution is -2.04. The Kier molecular flexibility index (Phi) is 3.46. The number of hydrogen-bond acceptors (Lipinski definition) is 5. The third kappa shape index (κ3) is 2.35. The van der Waals surface area contributed by atoms with Crippen LogP contribution in [0.1, 0.15) is 5.56 Å². The van der Waals surface area contributed by atoms with Crippen molar-refractivity contribution < 1.29 is 14.8 Å². The molecule has 0 aliphatic rings. The van der Waals surface area contributed by atoms with Crippen molar-refractivity contribution in [1.82, 2.24) is 0 Å². The molecule has 0 aliphatic carbocycles. The maximum Gasteiger partial charge on any atom is 0.273 e. The van der Waals surface area contributed by atoms with Crippen molar-refractivity contribution in [3.8, 4) is 11.5 Å². The van der Waals surface area contributed by atoms with Gasteiger partial charge in [-0.3, -0.25) is 10.1 Å². The molecule has 3 N–H and O–H groups in total. The van der Waals surface area contributed by atoms with Gasteiger partial charge in [-0.1, -0.05) is 0 Å². The van der Waals surface area contributed by atoms with Crippen LogP contribution in [0.25, 0.3) is 0 Å². The molecule has 6 nitrogen and oxygen atoms in total. The number of aromatic hydroxyl groups is 1. The smallest absolute Gasteiger partial charge is 0.273 e. The van der Waals surface area contributed by atoms with Gasteiger partial charge >= 0.3 is 0 Å². The summed E-state index contributed by atoms with van der Waals surface area (Å²) >= 11 is 0. The van der Waals surface area contributed by atoms with Gasteiger partial charge in [0.05, 0.1) is 18.1 Å². The van der Waals surface area contributed by atoms with Crippen molar-refractivity contribution in [3.63, 3.8) is 0 Å². The minimum Gasteiger partial charge on any atom is -0.504 e. The molecule has 0 unspecified atom stereocenters. The minimum absolute atomic E-state index is 0.0893. The van der Waals surface area contributed by atoms with Crippen molar-refractivity contribution in [2.45, 2.75) is 6.42 Å². The molecule has 1 aromatic carbocycles. The van der Waals surface area contributed by atoms with E-state index in [1.54, 1.807) is 0 Å². The molecule has 15 heavy (non-hydrogen) atoms. The van der Waals surface area contributed by atoms with Gasteiger partial charge in [-0.15, -0.1) is 0 Å². The molecule has 0 heterocycles. The minimum atomic E-state index is -0.540. The number of rotatable bonds is 4. The van der Waals surface area contributed by atoms with E-state index in [9.17, 15) is 15.2 Å². The van der Waals surface area contributed by atoms with Gasteiger partial charge in [0.15, 0.2) is 11.5 Å². The van der Waals surface area contributed by atoms with Crippen LogP contribution in [0.3, 0.4) is 0 Å². The first-order valence-corrected chi connectivity index (χ1v) is 4.34. The zero-order valence-electron chi connectivity index (χ0n) is 8.27. The number of hydrogen-bond donors (Lipinski definition) is 2. The third-order valence-electron chi connectivity index (χ3n) is 1.98. The van der Waals surface area contributed by atoms with Crippen LogP contribution in [0.5, 0.6) is 11.5 Å². The van der Waals surface area contributed by atoms with Crippen LogP contribution in [0.15, 0.2) is 12.1 Å². The largest absolute Gasteiger partial charge is 0.504 e. The highest BCUT2D eigenvalue weighted by Gasteiger charge is 2.15. The molecule has 0 aliphatic heterocycles. The van der Waals surface area contributed by atoms with Crippen molar-refractivity contribution in [2.24, 2.45) is 5.73 Å². The number of benzene rings is 1. The lowest BCUT2D eigenvalue weighted by atomic mass is 10.1. The first-order chi connectivity index (χ1) is 7.10. The lowest BCUT2D eigenvalue weighted by molar-refractivity contribution is -0.385. The fourth-order valence-corrected chi connectivity index (χ4v) is 1.26. The molecule has 1 rings (SSSR count). The monoisotopic (exact) mass is 212 g/mol. The number of ether oxygens (including phenoxy) is 1. The number of nitro groups is 1. The maximum atomic E-state index is 10.6. The number of nitrogens with zero attached hydrogens (tertiary/aromatic N) is 1. The van der Waals surface area contributed by atoms with Gasteiger partial charge in [0.2, 0.25) is 0 Å². The normalized spacial score (nSPS) is 10.0. The van der Waals surface area contributed by atoms with Gasteiger partial charge < -0.3 is 15.6 Å². The Morgan fingerprint density at radius 3 is 2.73 bits per heavy atom. The molecule has 0 radical (unpaired) electrons. The van der Waals surface area contributed by atoms with E-state index in [0.29, 0.717) is 18.5 Å². The number of non-ortho nitro benzene ring substituents is 1. The summed E-state index contributed by atoms with van der Waals surface area (Å²) in [5.74, 6) is 0.00111. The van der Waals surface area contributed by atoms with Crippen LogP contribution >= 0.6 is 0 Å². The predicted octanol–water partition coefficient (Wildman–Crippen LogP) is 0.810. The number of nitro benzene ring substituents is 1. The van der Waals surface area contributed by atoms with E-state index in [-0.39, 0.29) is 17.2 Å². The van der Waals surface area contributed by atoms with Crippen LogP contribution in [-0.4, -0.2) is 23.7 Å². The molecule has 0 atom stereocenters. The fourth-order valence-electron chi connectivity index (χ4n) is 1.26. The Morgan fingerprint density at radius 2 is 2.27 bits per heavy atom. The van der Waals surface area contributed by atoms with Crippen LogP contribution in [0.4, 0.5) is 5.69 Å². The Hall–Kier alpha value is -1.82. The van der Waals surface area contributed by atoms with Gasteiger partial charge in [-0.05, 0) is 13.0 Å². The second-order valence-corrected chi connectivity index (χ2v) is 2.95. The summed E-state index contributed by atoms with van der Waals surface area (Å²) in [7, 11) is 1.34. The Bertz CT molecular complexity index is 379. The summed E-state index contributed by atoms with van der Waals surface area (Å²) < 4.78 is 4.83. The molecule has 0 spiro atoms. The predicted molar refractivity (Wildman–Crippen MR) is 54.1 cm³/mol. The van der Waals surface area contributed by atoms with Gasteiger partial charge in [0.1, 0.15) is 0 Å². The van der Waals surface area contributed by atoms with E-state index in [1.807, 2.05) is 0 Å². The van der Waals surface area contributed by atoms with E-state index in [2.05, 4.69) is 0 Å². The first-order valence-electron chi connectivity index (χ1n) is 4.34. The second-order valence-electron chi connectivity index (χ2n) is 2.95. The standard InChI is InChI=1S/C9H12N2O4/c1-15-8-5-7(11(13)14)4-6(2-3-10)9(8)12/h4-5,12H,2-3,10H2,1H3. The van der Waals surface area contributed by atoms with Crippen LogP contribution in [0.2, 0.25) is 0 Å². The van der Waals surface area contributed by atoms with E-state index < -0.39 is 4.92 Å². The van der Waals surface area contributed by atoms with Crippen molar-refractivity contribution in [3.05, 3.63) is 27.8 Å². The molecule has 0 saturated carbocycles. The van der Waals surface area contributed by atoms with Gasteiger partial charge in [-0.2, -0.15) is 0 Å². The quantitative estimate of drug-likeness (QED) is 0.568. The summed E-state index contributed by atoms with van der Waals surface area (Å²) in [5, 5.41) is 20.2. The van der Waals surface area contributed by atoms with Gasteiger partial charge in [-0.25, -0.2) is 0 Å². The van der Waals surface area contributed by atoms with Crippen LogP contribution in [-0.2, 0) is 6.42 Å². The zero-order chi connectivity index (χ0) is 11.4. The summed E-state index contributed by atoms with van der Waals surface area (Å²) in [6.45, 7) is 0.303. The summed E-state index contributed by atoms with van der Waals surface area (Å²) in [5.41, 5.74) is 5.63. The lowest BCUT2D eigenvalue weighted by Gasteiger charge is -2.07. The third-order valence-corrected chi connectivity index (χ3v) is 1.98. The zero-order valence-corrected chi connectivity index (χ0v) is 8.27. The van der Waals surface area contributed by atoms with E-state index in [1.165, 1.54) is 19.2 Å². The van der Waals surface area contributed by atoms with E-state index >= 15 is 0 Å². The van der Waals surface area contributed by atoms with Crippen LogP contribution < -0.4 is 10.5 Å². The average molecular weight is 212 g/mol. The fraction of sp³-hybridized carbons (Fsp3) is 0.333. The van der Waals surface area contributed by atoms with Crippen molar-refractivity contribution in [2.75, 3.05) is 13.7 Å². The summed E-state index contributed by atoms with van der Waals surface area (Å²) in [6, 6.07) is 2.47. The van der Waals surface area contributed by atoms with Crippen LogP contribution in [0, 0.1) is 10.1 Å². The molecular weight excluding hydrogens is 200 g/mol. The van der Waals surface area contributed by atoms with Crippen molar-refractivity contribution >= 4 is 5.69 Å². The number of phenolic OH excluding ortho intramolecular Hbond substituents is 1. The Labute approximate surface area is 86.4 Å². The van der Waals surface area contributed by atoms with Gasteiger partial charge in [0.25, 0.3) is 5.69 Å². The molecular formula is C9H12N2O4. The number of nitrogens with two attached hydrogens (primary N) is 1. The molecule has 1 aromatic rings. The molecule has 0 aromatic heterocycles. The van der Waals surface area contributed by atoms with E-state index in [4.69, 9.17) is 10.5 Å². The molecule has 82 valence electrons. The molecule has 0 bridgehead atoms. The summed E-state index contributed by atoms with van der Waals surface area (Å²) in [4.78, 5) is 10.0. The average Bonchev–Trinajstić information content (AvgIpc) is 2.21. The highest BCUT2D eigenvalue weighted by molar-refractivity contribution is 5.53. The van der Waals surface area contributed by atoms with E-state index in [0.717, 1.165) is 0 Å². The maximum absolute atomic E-state index is 10.6. The summed E-state index contributed by atoms with van der Waals surface area (Å²) in [6.07, 6.45) is 0.365. The highest BCUT2D eigenvalue weighted by Crippen LogP contribution is 2.34. The molecule has 0 fully saturated rings. The molecule has 6 heteroatoms. The molecule has 0 saturated heterocycles. The first kappa shape index (κ1) is 11.3. The highest BCUT2D eigenvalue weighted by atomic mass is 16.6. The number of phenols is 1. The van der Waals surface area contributed by atoms with Crippen molar-refractivity contribution in [1.29, 1.82) is 0 Å². The second kappa shape index (κ2) is 4.61. The topological polar surface area (TPSA) is 98.6 Å². The SMILES string of the molecule is COc1cc([N+](=O)[O-])cc(CCN)c1O. The Balaban J connectivity index is 3.25. The number of methoxy groups -OCH3 is 1. The van der Waals surface area contributed by atoms with Gasteiger partial charge in [0, 0.05) is 11.6 Å². The molecule has 0 amide bonds. The Morgan fingerprint density at radius 1 is 1.60 bits per heavy atom.